The average molecular weight is 682 g/mol. The lowest BCUT2D eigenvalue weighted by molar-refractivity contribution is 0.673. The zero-order valence-electron chi connectivity index (χ0n) is 27.7. The van der Waals surface area contributed by atoms with E-state index < -0.39 is 0 Å². The average Bonchev–Trinajstić information content (AvgIpc) is 3.78. The van der Waals surface area contributed by atoms with E-state index in [4.69, 9.17) is 19.4 Å². The summed E-state index contributed by atoms with van der Waals surface area (Å²) in [5, 5.41) is 9.23. The second-order valence-corrected chi connectivity index (χ2v) is 14.3. The van der Waals surface area contributed by atoms with Crippen molar-refractivity contribution in [3.63, 3.8) is 0 Å². The number of rotatable bonds is 4. The first-order valence-corrected chi connectivity index (χ1v) is 18.2. The van der Waals surface area contributed by atoms with E-state index in [9.17, 15) is 0 Å². The van der Waals surface area contributed by atoms with E-state index in [-0.39, 0.29) is 0 Å². The molecule has 0 aliphatic rings. The lowest BCUT2D eigenvalue weighted by Crippen LogP contribution is -2.00. The summed E-state index contributed by atoms with van der Waals surface area (Å²) in [6.07, 6.45) is 0. The van der Waals surface area contributed by atoms with E-state index in [0.29, 0.717) is 17.5 Å². The zero-order chi connectivity index (χ0) is 34.2. The first kappa shape index (κ1) is 29.1. The molecule has 8 aromatic carbocycles. The van der Waals surface area contributed by atoms with Gasteiger partial charge < -0.3 is 4.42 Å². The summed E-state index contributed by atoms with van der Waals surface area (Å²) >= 11 is 1.84. The topological polar surface area (TPSA) is 51.8 Å². The van der Waals surface area contributed by atoms with Crippen molar-refractivity contribution in [2.45, 2.75) is 0 Å². The molecule has 52 heavy (non-hydrogen) atoms. The molecule has 0 N–H and O–H groups in total. The van der Waals surface area contributed by atoms with Crippen molar-refractivity contribution in [3.05, 3.63) is 164 Å². The second kappa shape index (κ2) is 11.4. The van der Waals surface area contributed by atoms with Gasteiger partial charge in [-0.1, -0.05) is 127 Å². The maximum absolute atomic E-state index is 6.75. The van der Waals surface area contributed by atoms with E-state index in [1.807, 2.05) is 41.7 Å². The molecular formula is C47H27N3OS. The van der Waals surface area contributed by atoms with E-state index in [2.05, 4.69) is 133 Å². The molecule has 11 rings (SSSR count). The molecule has 0 saturated carbocycles. The number of hydrogen-bond donors (Lipinski definition) is 0. The van der Waals surface area contributed by atoms with Gasteiger partial charge in [0.2, 0.25) is 0 Å². The normalized spacial score (nSPS) is 11.8. The summed E-state index contributed by atoms with van der Waals surface area (Å²) in [6.45, 7) is 0. The van der Waals surface area contributed by atoms with Crippen LogP contribution in [0.3, 0.4) is 0 Å². The molecule has 0 atom stereocenters. The fraction of sp³-hybridized carbons (Fsp3) is 0. The van der Waals surface area contributed by atoms with Crippen molar-refractivity contribution in [2.24, 2.45) is 0 Å². The Morgan fingerprint density at radius 2 is 1.04 bits per heavy atom. The van der Waals surface area contributed by atoms with Crippen LogP contribution in [0.5, 0.6) is 0 Å². The highest BCUT2D eigenvalue weighted by Crippen LogP contribution is 2.43. The largest absolute Gasteiger partial charge is 0.455 e. The summed E-state index contributed by atoms with van der Waals surface area (Å²) in [5.41, 5.74) is 6.83. The minimum atomic E-state index is 0.598. The van der Waals surface area contributed by atoms with E-state index in [1.165, 1.54) is 31.3 Å². The Morgan fingerprint density at radius 3 is 1.92 bits per heavy atom. The van der Waals surface area contributed by atoms with Crippen LogP contribution < -0.4 is 0 Å². The fourth-order valence-corrected chi connectivity index (χ4v) is 8.72. The third kappa shape index (κ3) is 4.57. The van der Waals surface area contributed by atoms with Gasteiger partial charge in [-0.05, 0) is 63.7 Å². The Morgan fingerprint density at radius 1 is 0.365 bits per heavy atom. The summed E-state index contributed by atoms with van der Waals surface area (Å²) in [5.74, 6) is 1.86. The Balaban J connectivity index is 1.10. The molecule has 0 aliphatic carbocycles. The quantitative estimate of drug-likeness (QED) is 0.185. The van der Waals surface area contributed by atoms with Crippen LogP contribution >= 0.6 is 11.3 Å². The van der Waals surface area contributed by atoms with Crippen molar-refractivity contribution >= 4 is 75.0 Å². The Labute approximate surface area is 302 Å². The highest BCUT2D eigenvalue weighted by molar-refractivity contribution is 7.25. The van der Waals surface area contributed by atoms with Crippen LogP contribution in [-0.4, -0.2) is 15.0 Å². The highest BCUT2D eigenvalue weighted by Gasteiger charge is 2.19. The van der Waals surface area contributed by atoms with Crippen LogP contribution in [0.25, 0.3) is 109 Å². The van der Waals surface area contributed by atoms with Gasteiger partial charge in [0.25, 0.3) is 0 Å². The van der Waals surface area contributed by atoms with Crippen LogP contribution in [0.4, 0.5) is 0 Å². The standard InChI is InChI=1S/C47H27N3OS/c1-2-12-29(13-3-1)45-48-46(50-47(49-45)37-19-10-14-28-11-4-5-15-32(28)37)31-21-23-34-40-27-38(33-16-6-7-18-36(33)44(40)51-41(34)26-31)30-22-24-43-39(25-30)35-17-8-9-20-42(35)52-43/h1-27H. The van der Waals surface area contributed by atoms with Crippen molar-refractivity contribution in [3.8, 4) is 45.3 Å². The molecule has 11 aromatic rings. The van der Waals surface area contributed by atoms with Gasteiger partial charge in [0.05, 0.1) is 0 Å². The van der Waals surface area contributed by atoms with Gasteiger partial charge in [0.15, 0.2) is 17.5 Å². The number of benzene rings is 8. The maximum atomic E-state index is 6.75. The van der Waals surface area contributed by atoms with Crippen molar-refractivity contribution < 1.29 is 4.42 Å². The molecule has 0 spiro atoms. The molecule has 4 nitrogen and oxygen atoms in total. The Kier molecular flexibility index (Phi) is 6.39. The molecule has 0 unspecified atom stereocenters. The summed E-state index contributed by atoms with van der Waals surface area (Å²) < 4.78 is 9.36. The number of fused-ring (bicyclic) bond motifs is 9. The minimum Gasteiger partial charge on any atom is -0.455 e. The molecule has 0 fully saturated rings. The fourth-order valence-electron chi connectivity index (χ4n) is 7.63. The lowest BCUT2D eigenvalue weighted by atomic mass is 9.94. The maximum Gasteiger partial charge on any atom is 0.164 e. The molecule has 0 aliphatic heterocycles. The number of thiophene rings is 1. The van der Waals surface area contributed by atoms with E-state index in [0.717, 1.165) is 60.2 Å². The molecule has 0 amide bonds. The lowest BCUT2D eigenvalue weighted by Gasteiger charge is -2.10. The zero-order valence-corrected chi connectivity index (χ0v) is 28.6. The van der Waals surface area contributed by atoms with Crippen LogP contribution in [0.2, 0.25) is 0 Å². The molecule has 242 valence electrons. The van der Waals surface area contributed by atoms with Crippen molar-refractivity contribution in [1.29, 1.82) is 0 Å². The van der Waals surface area contributed by atoms with Gasteiger partial charge in [0.1, 0.15) is 11.2 Å². The summed E-state index contributed by atoms with van der Waals surface area (Å²) in [6, 6.07) is 57.4. The number of furan rings is 1. The third-order valence-electron chi connectivity index (χ3n) is 10.1. The first-order valence-electron chi connectivity index (χ1n) is 17.3. The highest BCUT2D eigenvalue weighted by atomic mass is 32.1. The molecule has 0 radical (unpaired) electrons. The van der Waals surface area contributed by atoms with Crippen LogP contribution in [-0.2, 0) is 0 Å². The smallest absolute Gasteiger partial charge is 0.164 e. The molecule has 3 heterocycles. The Hall–Kier alpha value is -6.69. The molecular weight excluding hydrogens is 655 g/mol. The van der Waals surface area contributed by atoms with Crippen molar-refractivity contribution in [1.82, 2.24) is 15.0 Å². The molecule has 5 heteroatoms. The summed E-state index contributed by atoms with van der Waals surface area (Å²) in [4.78, 5) is 15.1. The molecule has 0 bridgehead atoms. The predicted molar refractivity (Wildman–Crippen MR) is 217 cm³/mol. The van der Waals surface area contributed by atoms with Crippen LogP contribution in [0.1, 0.15) is 0 Å². The van der Waals surface area contributed by atoms with E-state index >= 15 is 0 Å². The monoisotopic (exact) mass is 681 g/mol. The van der Waals surface area contributed by atoms with Crippen LogP contribution in [0.15, 0.2) is 168 Å². The third-order valence-corrected chi connectivity index (χ3v) is 11.3. The van der Waals surface area contributed by atoms with E-state index in [1.54, 1.807) is 0 Å². The predicted octanol–water partition coefficient (Wildman–Crippen LogP) is 13.1. The number of hydrogen-bond acceptors (Lipinski definition) is 5. The van der Waals surface area contributed by atoms with Crippen molar-refractivity contribution in [2.75, 3.05) is 0 Å². The van der Waals surface area contributed by atoms with Crippen LogP contribution in [0, 0.1) is 0 Å². The first-order chi connectivity index (χ1) is 25.7. The number of nitrogens with zero attached hydrogens (tertiary/aromatic N) is 3. The van der Waals surface area contributed by atoms with Gasteiger partial charge in [-0.25, -0.2) is 15.0 Å². The van der Waals surface area contributed by atoms with Gasteiger partial charge in [-0.2, -0.15) is 0 Å². The Bertz CT molecular complexity index is 3190. The van der Waals surface area contributed by atoms with Gasteiger partial charge in [-0.3, -0.25) is 0 Å². The molecule has 0 saturated heterocycles. The molecule has 3 aromatic heterocycles. The summed E-state index contributed by atoms with van der Waals surface area (Å²) in [7, 11) is 0. The van der Waals surface area contributed by atoms with Gasteiger partial charge in [0, 0.05) is 53.0 Å². The van der Waals surface area contributed by atoms with Gasteiger partial charge in [-0.15, -0.1) is 11.3 Å². The SMILES string of the molecule is c1ccc(-c2nc(-c3ccc4c(c3)oc3c5ccccc5c(-c5ccc6sc7ccccc7c6c5)cc43)nc(-c3cccc4ccccc34)n2)cc1. The second-order valence-electron chi connectivity index (χ2n) is 13.2. The van der Waals surface area contributed by atoms with Gasteiger partial charge >= 0.3 is 0 Å². The minimum absolute atomic E-state index is 0.598. The number of aromatic nitrogens is 3.